The summed E-state index contributed by atoms with van der Waals surface area (Å²) in [5, 5.41) is 9.27. The van der Waals surface area contributed by atoms with Gasteiger partial charge in [-0.15, -0.1) is 12.4 Å². The minimum absolute atomic E-state index is 0. The second-order valence-electron chi connectivity index (χ2n) is 8.45. The summed E-state index contributed by atoms with van der Waals surface area (Å²) >= 11 is 0. The van der Waals surface area contributed by atoms with Gasteiger partial charge in [0, 0.05) is 31.6 Å². The third-order valence-corrected chi connectivity index (χ3v) is 6.66. The molecule has 0 aliphatic carbocycles. The lowest BCUT2D eigenvalue weighted by molar-refractivity contribution is -0.156. The number of aliphatic hydroxyl groups excluding tert-OH is 1. The number of nitrogens with zero attached hydrogens (tertiary/aromatic N) is 2. The van der Waals surface area contributed by atoms with E-state index in [0.717, 1.165) is 24.8 Å². The van der Waals surface area contributed by atoms with Crippen LogP contribution in [0.5, 0.6) is 0 Å². The summed E-state index contributed by atoms with van der Waals surface area (Å²) in [4.78, 5) is 29.2. The van der Waals surface area contributed by atoms with E-state index >= 15 is 0 Å². The molecule has 2 amide bonds. The van der Waals surface area contributed by atoms with E-state index in [2.05, 4.69) is 4.90 Å². The largest absolute Gasteiger partial charge is 0.394 e. The fourth-order valence-corrected chi connectivity index (χ4v) is 5.44. The number of piperidine rings is 3. The number of aliphatic hydroxyl groups is 1. The molecule has 3 heterocycles. The van der Waals surface area contributed by atoms with Crippen LogP contribution in [0.2, 0.25) is 0 Å². The summed E-state index contributed by atoms with van der Waals surface area (Å²) in [6.07, 6.45) is 3.93. The molecule has 3 saturated heterocycles. The average molecular weight is 426 g/mol. The van der Waals surface area contributed by atoms with Crippen LogP contribution in [0.4, 0.5) is 4.39 Å². The van der Waals surface area contributed by atoms with Crippen molar-refractivity contribution in [3.05, 3.63) is 35.6 Å². The maximum Gasteiger partial charge on any atom is 0.241 e. The molecule has 8 heteroatoms. The number of hydrogen-bond donors (Lipinski definition) is 2. The van der Waals surface area contributed by atoms with Crippen molar-refractivity contribution in [3.63, 3.8) is 0 Å². The van der Waals surface area contributed by atoms with E-state index in [9.17, 15) is 19.1 Å². The second-order valence-corrected chi connectivity index (χ2v) is 8.45. The monoisotopic (exact) mass is 425 g/mol. The fourth-order valence-electron chi connectivity index (χ4n) is 5.44. The molecule has 3 fully saturated rings. The highest BCUT2D eigenvalue weighted by Crippen LogP contribution is 2.42. The highest BCUT2D eigenvalue weighted by molar-refractivity contribution is 5.85. The molecule has 1 aromatic rings. The molecule has 0 saturated carbocycles. The van der Waals surface area contributed by atoms with Gasteiger partial charge in [0.2, 0.25) is 11.8 Å². The molecule has 0 aromatic heterocycles. The Bertz CT molecular complexity index is 764. The molecule has 3 aliphatic heterocycles. The van der Waals surface area contributed by atoms with E-state index in [1.165, 1.54) is 12.1 Å². The fraction of sp³-hybridized carbons (Fsp3) is 0.619. The maximum atomic E-state index is 13.7. The Morgan fingerprint density at radius 3 is 2.79 bits per heavy atom. The molecule has 0 unspecified atom stereocenters. The summed E-state index contributed by atoms with van der Waals surface area (Å²) in [6, 6.07) is 5.72. The summed E-state index contributed by atoms with van der Waals surface area (Å²) in [5.41, 5.74) is 6.65. The first kappa shape index (κ1) is 22.0. The summed E-state index contributed by atoms with van der Waals surface area (Å²) in [5.74, 6) is 0.0512. The van der Waals surface area contributed by atoms with Crippen molar-refractivity contribution in [3.8, 4) is 0 Å². The third-order valence-electron chi connectivity index (χ3n) is 6.66. The van der Waals surface area contributed by atoms with Gasteiger partial charge >= 0.3 is 0 Å². The molecule has 6 nitrogen and oxygen atoms in total. The van der Waals surface area contributed by atoms with E-state index in [0.29, 0.717) is 25.9 Å². The minimum Gasteiger partial charge on any atom is -0.394 e. The highest BCUT2D eigenvalue weighted by Gasteiger charge is 2.50. The molecule has 2 bridgehead atoms. The molecule has 0 spiro atoms. The van der Waals surface area contributed by atoms with Gasteiger partial charge in [0.1, 0.15) is 11.9 Å². The van der Waals surface area contributed by atoms with Gasteiger partial charge in [-0.25, -0.2) is 4.39 Å². The quantitative estimate of drug-likeness (QED) is 0.762. The molecule has 5 atom stereocenters. The predicted octanol–water partition coefficient (Wildman–Crippen LogP) is 1.34. The normalized spacial score (nSPS) is 29.7. The number of carbonyl (C=O) groups excluding carboxylic acids is 2. The highest BCUT2D eigenvalue weighted by atomic mass is 35.5. The molecule has 160 valence electrons. The summed E-state index contributed by atoms with van der Waals surface area (Å²) in [6.45, 7) is 0.745. The number of hydrogen-bond acceptors (Lipinski definition) is 4. The lowest BCUT2D eigenvalue weighted by atomic mass is 9.70. The Morgan fingerprint density at radius 2 is 2.07 bits per heavy atom. The van der Waals surface area contributed by atoms with Gasteiger partial charge in [-0.2, -0.15) is 0 Å². The van der Waals surface area contributed by atoms with Crippen molar-refractivity contribution in [1.29, 1.82) is 0 Å². The van der Waals surface area contributed by atoms with Crippen LogP contribution in [0.3, 0.4) is 0 Å². The van der Waals surface area contributed by atoms with Gasteiger partial charge in [-0.1, -0.05) is 12.1 Å². The molecular formula is C21H29ClFN3O3. The van der Waals surface area contributed by atoms with Gasteiger partial charge in [0.25, 0.3) is 0 Å². The van der Waals surface area contributed by atoms with Gasteiger partial charge < -0.3 is 20.6 Å². The first-order valence-corrected chi connectivity index (χ1v) is 10.2. The van der Waals surface area contributed by atoms with Gasteiger partial charge in [0.05, 0.1) is 6.61 Å². The lowest BCUT2D eigenvalue weighted by Gasteiger charge is -2.57. The first-order chi connectivity index (χ1) is 13.5. The Balaban J connectivity index is 0.00000240. The van der Waals surface area contributed by atoms with Crippen LogP contribution in [-0.2, 0) is 16.0 Å². The Hall–Kier alpha value is -1.70. The van der Waals surface area contributed by atoms with E-state index in [1.54, 1.807) is 11.0 Å². The van der Waals surface area contributed by atoms with E-state index < -0.39 is 6.04 Å². The third kappa shape index (κ3) is 4.27. The number of nitrogens with two attached hydrogens (primary N) is 1. The lowest BCUT2D eigenvalue weighted by Crippen LogP contribution is -2.66. The number of likely N-dealkylation sites (tertiary alicyclic amines) is 1. The SMILES string of the molecule is Cl.N[C@@H](CO)C(=O)N1C[C@H]2C[C@@H](C1)[C@H](Cc1cccc(F)c1)N1C(=O)CCC[C@@H]21. The van der Waals surface area contributed by atoms with Crippen molar-refractivity contribution in [2.45, 2.75) is 50.2 Å². The number of benzene rings is 1. The summed E-state index contributed by atoms with van der Waals surface area (Å²) < 4.78 is 13.7. The summed E-state index contributed by atoms with van der Waals surface area (Å²) in [7, 11) is 0. The van der Waals surface area contributed by atoms with Crippen LogP contribution < -0.4 is 5.73 Å². The van der Waals surface area contributed by atoms with Crippen molar-refractivity contribution in [2.24, 2.45) is 17.6 Å². The van der Waals surface area contributed by atoms with Crippen LogP contribution in [0.15, 0.2) is 24.3 Å². The van der Waals surface area contributed by atoms with E-state index in [4.69, 9.17) is 5.73 Å². The van der Waals surface area contributed by atoms with Gasteiger partial charge in [0.15, 0.2) is 0 Å². The van der Waals surface area contributed by atoms with Crippen LogP contribution in [-0.4, -0.2) is 64.5 Å². The first-order valence-electron chi connectivity index (χ1n) is 10.2. The molecule has 3 aliphatic rings. The molecule has 1 aromatic carbocycles. The van der Waals surface area contributed by atoms with Crippen LogP contribution in [0.25, 0.3) is 0 Å². The van der Waals surface area contributed by atoms with E-state index in [-0.39, 0.29) is 60.6 Å². The van der Waals surface area contributed by atoms with E-state index in [1.807, 2.05) is 6.07 Å². The molecule has 29 heavy (non-hydrogen) atoms. The van der Waals surface area contributed by atoms with Crippen molar-refractivity contribution >= 4 is 24.2 Å². The number of fused-ring (bicyclic) bond motifs is 4. The Labute approximate surface area is 176 Å². The predicted molar refractivity (Wildman–Crippen MR) is 109 cm³/mol. The average Bonchev–Trinajstić information content (AvgIpc) is 2.70. The van der Waals surface area contributed by atoms with Crippen molar-refractivity contribution < 1.29 is 19.1 Å². The van der Waals surface area contributed by atoms with Crippen LogP contribution >= 0.6 is 12.4 Å². The maximum absolute atomic E-state index is 13.7. The van der Waals surface area contributed by atoms with Crippen molar-refractivity contribution in [1.82, 2.24) is 9.80 Å². The molecular weight excluding hydrogens is 397 g/mol. The molecule has 3 N–H and O–H groups in total. The van der Waals surface area contributed by atoms with Gasteiger partial charge in [-0.3, -0.25) is 9.59 Å². The van der Waals surface area contributed by atoms with Gasteiger partial charge in [-0.05, 0) is 55.2 Å². The number of rotatable bonds is 4. The standard InChI is InChI=1S/C21H28FN3O3.ClH/c22-16-4-1-3-13(7-16)8-19-15-9-14(18-5-2-6-20(27)25(18)19)10-24(11-15)21(28)17(23)12-26;/h1,3-4,7,14-15,17-19,26H,2,5-6,8-12,23H2;1H/t14-,15+,17+,18+,19+;/m1./s1. The topological polar surface area (TPSA) is 86.9 Å². The zero-order chi connectivity index (χ0) is 19.8. The number of carbonyl (C=O) groups is 2. The van der Waals surface area contributed by atoms with Crippen LogP contribution in [0.1, 0.15) is 31.2 Å². The number of amides is 2. The zero-order valence-electron chi connectivity index (χ0n) is 16.4. The van der Waals surface area contributed by atoms with Crippen LogP contribution in [0, 0.1) is 17.7 Å². The zero-order valence-corrected chi connectivity index (χ0v) is 17.2. The Kier molecular flexibility index (Phi) is 6.81. The minimum atomic E-state index is -0.899. The van der Waals surface area contributed by atoms with Crippen molar-refractivity contribution in [2.75, 3.05) is 19.7 Å². The smallest absolute Gasteiger partial charge is 0.241 e. The Morgan fingerprint density at radius 1 is 1.31 bits per heavy atom. The molecule has 4 rings (SSSR count). The number of halogens is 2. The molecule has 0 radical (unpaired) electrons. The second kappa shape index (κ2) is 8.98.